The van der Waals surface area contributed by atoms with Crippen molar-refractivity contribution in [3.8, 4) is 0 Å². The molecule has 84 valence electrons. The Labute approximate surface area is 90.5 Å². The van der Waals surface area contributed by atoms with Crippen molar-refractivity contribution in [1.29, 1.82) is 0 Å². The van der Waals surface area contributed by atoms with Crippen LogP contribution in [-0.4, -0.2) is 22.7 Å². The quantitative estimate of drug-likeness (QED) is 0.688. The molecule has 4 N–H and O–H groups in total. The molecule has 1 rings (SSSR count). The monoisotopic (exact) mass is 209 g/mol. The molecule has 0 bridgehead atoms. The predicted octanol–water partition coefficient (Wildman–Crippen LogP) is 1.55. The van der Waals surface area contributed by atoms with Crippen molar-refractivity contribution in [2.75, 3.05) is 17.7 Å². The van der Waals surface area contributed by atoms with Crippen molar-refractivity contribution in [2.24, 2.45) is 0 Å². The van der Waals surface area contributed by atoms with Gasteiger partial charge in [-0.3, -0.25) is 0 Å². The molecule has 0 aromatic carbocycles. The van der Waals surface area contributed by atoms with Gasteiger partial charge in [0, 0.05) is 12.6 Å². The van der Waals surface area contributed by atoms with E-state index in [1.807, 2.05) is 13.0 Å². The number of hydrogen-bond donors (Lipinski definition) is 3. The molecule has 0 aliphatic carbocycles. The minimum Gasteiger partial charge on any atom is -0.397 e. The highest BCUT2D eigenvalue weighted by Gasteiger charge is 2.05. The third kappa shape index (κ3) is 3.75. The van der Waals surface area contributed by atoms with Crippen LogP contribution < -0.4 is 11.1 Å². The Hall–Kier alpha value is -1.29. The topological polar surface area (TPSA) is 71.2 Å². The second kappa shape index (κ2) is 5.56. The van der Waals surface area contributed by atoms with E-state index in [1.165, 1.54) is 0 Å². The fourth-order valence-electron chi connectivity index (χ4n) is 1.45. The molecule has 4 nitrogen and oxygen atoms in total. The summed E-state index contributed by atoms with van der Waals surface area (Å²) in [6.45, 7) is 4.29. The summed E-state index contributed by atoms with van der Waals surface area (Å²) in [6, 6.07) is 2.21. The highest BCUT2D eigenvalue weighted by atomic mass is 16.2. The summed E-state index contributed by atoms with van der Waals surface area (Å²) in [5.74, 6) is 0.870. The smallest absolute Gasteiger partial charge is 0.129 e. The van der Waals surface area contributed by atoms with Crippen LogP contribution in [-0.2, 0) is 0 Å². The summed E-state index contributed by atoms with van der Waals surface area (Å²) in [6.07, 6.45) is 3.39. The Morgan fingerprint density at radius 2 is 2.33 bits per heavy atom. The van der Waals surface area contributed by atoms with Gasteiger partial charge in [-0.15, -0.1) is 0 Å². The van der Waals surface area contributed by atoms with Crippen LogP contribution in [0.1, 0.15) is 25.3 Å². The number of hydrogen-bond acceptors (Lipinski definition) is 4. The second-order valence-corrected chi connectivity index (χ2v) is 3.85. The third-order valence-electron chi connectivity index (χ3n) is 2.28. The van der Waals surface area contributed by atoms with Crippen molar-refractivity contribution in [1.82, 2.24) is 4.98 Å². The van der Waals surface area contributed by atoms with Gasteiger partial charge in [0.25, 0.3) is 0 Å². The Balaban J connectivity index is 2.56. The minimum absolute atomic E-state index is 0.236. The predicted molar refractivity (Wildman–Crippen MR) is 62.8 cm³/mol. The Bertz CT molecular complexity index is 315. The van der Waals surface area contributed by atoms with Crippen molar-refractivity contribution in [2.45, 2.75) is 32.7 Å². The molecule has 0 radical (unpaired) electrons. The molecule has 0 fully saturated rings. The van der Waals surface area contributed by atoms with E-state index in [4.69, 9.17) is 10.8 Å². The van der Waals surface area contributed by atoms with E-state index >= 15 is 0 Å². The van der Waals surface area contributed by atoms with Crippen molar-refractivity contribution >= 4 is 11.5 Å². The van der Waals surface area contributed by atoms with Gasteiger partial charge < -0.3 is 16.2 Å². The largest absolute Gasteiger partial charge is 0.397 e. The summed E-state index contributed by atoms with van der Waals surface area (Å²) < 4.78 is 0. The number of nitrogens with one attached hydrogen (secondary N) is 1. The van der Waals surface area contributed by atoms with E-state index < -0.39 is 0 Å². The number of aryl methyl sites for hydroxylation is 1. The molecule has 0 spiro atoms. The first-order valence-electron chi connectivity index (χ1n) is 5.23. The molecule has 1 heterocycles. The number of nitrogens with two attached hydrogens (primary N) is 1. The third-order valence-corrected chi connectivity index (χ3v) is 2.28. The van der Waals surface area contributed by atoms with Crippen molar-refractivity contribution in [3.05, 3.63) is 17.8 Å². The maximum atomic E-state index is 8.71. The molecule has 1 atom stereocenters. The first-order chi connectivity index (χ1) is 7.13. The lowest BCUT2D eigenvalue weighted by molar-refractivity contribution is 0.282. The van der Waals surface area contributed by atoms with Gasteiger partial charge in [-0.05, 0) is 38.3 Å². The second-order valence-electron chi connectivity index (χ2n) is 3.85. The Morgan fingerprint density at radius 3 is 2.93 bits per heavy atom. The first kappa shape index (κ1) is 11.8. The van der Waals surface area contributed by atoms with E-state index in [0.717, 1.165) is 24.2 Å². The van der Waals surface area contributed by atoms with Gasteiger partial charge in [0.05, 0.1) is 11.9 Å². The molecule has 4 heteroatoms. The Morgan fingerprint density at radius 1 is 1.60 bits per heavy atom. The summed E-state index contributed by atoms with van der Waals surface area (Å²) in [7, 11) is 0. The normalized spacial score (nSPS) is 12.5. The average Bonchev–Trinajstić information content (AvgIpc) is 2.19. The maximum absolute atomic E-state index is 8.71. The van der Waals surface area contributed by atoms with Gasteiger partial charge in [0.15, 0.2) is 0 Å². The number of rotatable bonds is 5. The van der Waals surface area contributed by atoms with Gasteiger partial charge >= 0.3 is 0 Å². The fourth-order valence-corrected chi connectivity index (χ4v) is 1.45. The fraction of sp³-hybridized carbons (Fsp3) is 0.545. The molecular weight excluding hydrogens is 190 g/mol. The zero-order valence-electron chi connectivity index (χ0n) is 9.33. The number of aliphatic hydroxyl groups excluding tert-OH is 1. The Kier molecular flexibility index (Phi) is 4.37. The first-order valence-corrected chi connectivity index (χ1v) is 5.23. The lowest BCUT2D eigenvalue weighted by atomic mass is 10.2. The lowest BCUT2D eigenvalue weighted by Gasteiger charge is -2.15. The molecule has 15 heavy (non-hydrogen) atoms. The van der Waals surface area contributed by atoms with Crippen molar-refractivity contribution < 1.29 is 5.11 Å². The number of aromatic nitrogens is 1. The van der Waals surface area contributed by atoms with E-state index in [2.05, 4.69) is 17.2 Å². The van der Waals surface area contributed by atoms with Crippen LogP contribution in [0.2, 0.25) is 0 Å². The van der Waals surface area contributed by atoms with Crippen LogP contribution in [0.25, 0.3) is 0 Å². The molecule has 1 aromatic rings. The molecule has 0 aliphatic rings. The highest BCUT2D eigenvalue weighted by molar-refractivity contribution is 5.51. The maximum Gasteiger partial charge on any atom is 0.129 e. The lowest BCUT2D eigenvalue weighted by Crippen LogP contribution is -2.17. The molecule has 0 amide bonds. The molecule has 0 aliphatic heterocycles. The minimum atomic E-state index is 0.236. The standard InChI is InChI=1S/C11H19N3O/c1-8-6-10(12)7-13-11(8)14-9(2)4-3-5-15/h6-7,9,15H,3-5,12H2,1-2H3,(H,13,14). The van der Waals surface area contributed by atoms with Gasteiger partial charge in [-0.1, -0.05) is 0 Å². The summed E-state index contributed by atoms with van der Waals surface area (Å²) in [5, 5.41) is 12.0. The molecule has 0 saturated heterocycles. The van der Waals surface area contributed by atoms with Crippen LogP contribution in [0.3, 0.4) is 0 Å². The zero-order chi connectivity index (χ0) is 11.3. The zero-order valence-corrected chi connectivity index (χ0v) is 9.33. The van der Waals surface area contributed by atoms with Crippen LogP contribution in [0.4, 0.5) is 11.5 Å². The van der Waals surface area contributed by atoms with Gasteiger partial charge in [-0.25, -0.2) is 4.98 Å². The number of aliphatic hydroxyl groups is 1. The summed E-state index contributed by atoms with van der Waals surface area (Å²) in [5.41, 5.74) is 7.34. The molecule has 1 unspecified atom stereocenters. The summed E-state index contributed by atoms with van der Waals surface area (Å²) >= 11 is 0. The SMILES string of the molecule is Cc1cc(N)cnc1NC(C)CCCO. The van der Waals surface area contributed by atoms with E-state index in [1.54, 1.807) is 6.20 Å². The van der Waals surface area contributed by atoms with E-state index in [0.29, 0.717) is 11.7 Å². The highest BCUT2D eigenvalue weighted by Crippen LogP contribution is 2.15. The molecule has 1 aromatic heterocycles. The molecule has 0 saturated carbocycles. The molecular formula is C11H19N3O. The van der Waals surface area contributed by atoms with E-state index in [9.17, 15) is 0 Å². The number of nitrogen functional groups attached to an aromatic ring is 1. The van der Waals surface area contributed by atoms with Crippen LogP contribution in [0, 0.1) is 6.92 Å². The average molecular weight is 209 g/mol. The van der Waals surface area contributed by atoms with Crippen LogP contribution >= 0.6 is 0 Å². The van der Waals surface area contributed by atoms with Crippen LogP contribution in [0.5, 0.6) is 0 Å². The number of nitrogens with zero attached hydrogens (tertiary/aromatic N) is 1. The van der Waals surface area contributed by atoms with Crippen LogP contribution in [0.15, 0.2) is 12.3 Å². The van der Waals surface area contributed by atoms with Crippen molar-refractivity contribution in [3.63, 3.8) is 0 Å². The number of pyridine rings is 1. The number of anilines is 2. The van der Waals surface area contributed by atoms with E-state index in [-0.39, 0.29) is 6.61 Å². The van der Waals surface area contributed by atoms with Gasteiger partial charge in [0.1, 0.15) is 5.82 Å². The van der Waals surface area contributed by atoms with Gasteiger partial charge in [-0.2, -0.15) is 0 Å². The summed E-state index contributed by atoms with van der Waals surface area (Å²) in [4.78, 5) is 4.23. The van der Waals surface area contributed by atoms with Gasteiger partial charge in [0.2, 0.25) is 0 Å².